The SMILES string of the molecule is c1ccc2c(c1)-c1cccc3c(-c4nc(-c5cc(-n6c7ccccc7c7cc8ccc(-n9c%10ccccc%10c%10ccc%11ccccc%11c%109)cc8cc76)c6ccccc6c5)nc5ccccc45)ccc-2c13. The maximum atomic E-state index is 5.59. The molecule has 16 rings (SSSR count). The second-order valence-corrected chi connectivity index (χ2v) is 18.9. The lowest BCUT2D eigenvalue weighted by Crippen LogP contribution is -1.99. The third kappa shape index (κ3) is 5.19. The van der Waals surface area contributed by atoms with E-state index >= 15 is 0 Å². The van der Waals surface area contributed by atoms with Crippen LogP contribution in [-0.2, 0) is 0 Å². The van der Waals surface area contributed by atoms with Crippen molar-refractivity contribution in [2.75, 3.05) is 0 Å². The van der Waals surface area contributed by atoms with Crippen molar-refractivity contribution in [3.05, 3.63) is 231 Å². The molecule has 70 heavy (non-hydrogen) atoms. The minimum absolute atomic E-state index is 0.696. The van der Waals surface area contributed by atoms with Gasteiger partial charge < -0.3 is 9.13 Å². The number of nitrogens with zero attached hydrogens (tertiary/aromatic N) is 4. The largest absolute Gasteiger partial charge is 0.309 e. The van der Waals surface area contributed by atoms with E-state index < -0.39 is 0 Å². The first-order chi connectivity index (χ1) is 34.7. The Labute approximate surface area is 401 Å². The Morgan fingerprint density at radius 2 is 0.929 bits per heavy atom. The van der Waals surface area contributed by atoms with Crippen LogP contribution in [0.1, 0.15) is 0 Å². The highest BCUT2D eigenvalue weighted by atomic mass is 15.0. The van der Waals surface area contributed by atoms with E-state index in [9.17, 15) is 0 Å². The van der Waals surface area contributed by atoms with E-state index in [1.165, 1.54) is 87.1 Å². The molecule has 0 radical (unpaired) electrons. The van der Waals surface area contributed by atoms with Gasteiger partial charge in [-0.2, -0.15) is 0 Å². The zero-order valence-corrected chi connectivity index (χ0v) is 37.7. The summed E-state index contributed by atoms with van der Waals surface area (Å²) in [5.41, 5.74) is 16.0. The van der Waals surface area contributed by atoms with Gasteiger partial charge in [-0.15, -0.1) is 0 Å². The molecule has 3 aromatic heterocycles. The van der Waals surface area contributed by atoms with Gasteiger partial charge in [0.1, 0.15) is 0 Å². The van der Waals surface area contributed by atoms with Gasteiger partial charge in [-0.05, 0) is 109 Å². The molecular formula is C66H38N4. The summed E-state index contributed by atoms with van der Waals surface area (Å²) < 4.78 is 4.93. The highest BCUT2D eigenvalue weighted by molar-refractivity contribution is 6.21. The molecule has 12 aromatic carbocycles. The summed E-state index contributed by atoms with van der Waals surface area (Å²) in [6.07, 6.45) is 0. The normalized spacial score (nSPS) is 12.3. The zero-order valence-electron chi connectivity index (χ0n) is 37.7. The molecule has 4 heteroatoms. The lowest BCUT2D eigenvalue weighted by molar-refractivity contribution is 1.18. The first-order valence-electron chi connectivity index (χ1n) is 24.1. The van der Waals surface area contributed by atoms with Crippen molar-refractivity contribution in [1.29, 1.82) is 0 Å². The number of hydrogen-bond donors (Lipinski definition) is 0. The smallest absolute Gasteiger partial charge is 0.160 e. The summed E-state index contributed by atoms with van der Waals surface area (Å²) in [5.74, 6) is 0.696. The van der Waals surface area contributed by atoms with Crippen LogP contribution >= 0.6 is 0 Å². The van der Waals surface area contributed by atoms with E-state index in [1.54, 1.807) is 0 Å². The minimum atomic E-state index is 0.696. The van der Waals surface area contributed by atoms with Crippen LogP contribution in [0.15, 0.2) is 231 Å². The molecular weight excluding hydrogens is 849 g/mol. The van der Waals surface area contributed by atoms with Gasteiger partial charge in [0.15, 0.2) is 5.82 Å². The number of fused-ring (bicyclic) bond motifs is 14. The number of aromatic nitrogens is 4. The number of hydrogen-bond acceptors (Lipinski definition) is 2. The lowest BCUT2D eigenvalue weighted by Gasteiger charge is -2.16. The minimum Gasteiger partial charge on any atom is -0.309 e. The lowest BCUT2D eigenvalue weighted by atomic mass is 9.95. The Hall–Kier alpha value is -9.38. The van der Waals surface area contributed by atoms with Crippen LogP contribution < -0.4 is 0 Å². The highest BCUT2D eigenvalue weighted by Crippen LogP contribution is 2.50. The number of para-hydroxylation sites is 3. The van der Waals surface area contributed by atoms with E-state index in [-0.39, 0.29) is 0 Å². The Morgan fingerprint density at radius 3 is 1.77 bits per heavy atom. The third-order valence-corrected chi connectivity index (χ3v) is 15.2. The van der Waals surface area contributed by atoms with Crippen molar-refractivity contribution < 1.29 is 0 Å². The van der Waals surface area contributed by atoms with Crippen molar-refractivity contribution in [3.63, 3.8) is 0 Å². The van der Waals surface area contributed by atoms with E-state index in [0.29, 0.717) is 5.82 Å². The van der Waals surface area contributed by atoms with Gasteiger partial charge in [-0.1, -0.05) is 176 Å². The fourth-order valence-corrected chi connectivity index (χ4v) is 12.1. The van der Waals surface area contributed by atoms with Crippen molar-refractivity contribution in [2.45, 2.75) is 0 Å². The molecule has 322 valence electrons. The molecule has 0 bridgehead atoms. The fraction of sp³-hybridized carbons (Fsp3) is 0. The predicted octanol–water partition coefficient (Wildman–Crippen LogP) is 17.4. The van der Waals surface area contributed by atoms with Crippen LogP contribution in [0.3, 0.4) is 0 Å². The van der Waals surface area contributed by atoms with Crippen LogP contribution in [0.4, 0.5) is 0 Å². The number of benzene rings is 12. The second kappa shape index (κ2) is 14.1. The molecule has 0 aliphatic heterocycles. The predicted molar refractivity (Wildman–Crippen MR) is 294 cm³/mol. The van der Waals surface area contributed by atoms with Gasteiger partial charge in [0.25, 0.3) is 0 Å². The van der Waals surface area contributed by atoms with Gasteiger partial charge >= 0.3 is 0 Å². The first kappa shape index (κ1) is 37.7. The highest BCUT2D eigenvalue weighted by Gasteiger charge is 2.25. The summed E-state index contributed by atoms with van der Waals surface area (Å²) in [6.45, 7) is 0. The summed E-state index contributed by atoms with van der Waals surface area (Å²) in [6, 6.07) is 84.5. The standard InChI is InChI=1S/C66H38N4/c1-4-17-46-39(14-1)29-31-55-49-20-8-11-26-59(49)69(65(46)55)44-30-28-40-36-57-50-21-9-12-27-60(50)70(62(57)37-42(40)35-44)61-38-43(34-41-15-2-3-16-45(41)61)66-67-58-25-10-7-22-56(58)64(68-66)54-33-32-53-48-19-6-5-18-47(48)51-23-13-24-52(54)63(51)53/h1-38H. The van der Waals surface area contributed by atoms with E-state index in [2.05, 4.69) is 240 Å². The van der Waals surface area contributed by atoms with Gasteiger partial charge in [-0.25, -0.2) is 9.97 Å². The van der Waals surface area contributed by atoms with Crippen LogP contribution in [0.5, 0.6) is 0 Å². The quantitative estimate of drug-likeness (QED) is 0.176. The maximum Gasteiger partial charge on any atom is 0.160 e. The molecule has 0 fully saturated rings. The van der Waals surface area contributed by atoms with E-state index in [1.807, 2.05) is 0 Å². The van der Waals surface area contributed by atoms with Crippen molar-refractivity contribution in [1.82, 2.24) is 19.1 Å². The summed E-state index contributed by atoms with van der Waals surface area (Å²) in [7, 11) is 0. The Balaban J connectivity index is 0.930. The number of rotatable bonds is 4. The van der Waals surface area contributed by atoms with Crippen LogP contribution in [-0.4, -0.2) is 19.1 Å². The van der Waals surface area contributed by atoms with Gasteiger partial charge in [0, 0.05) is 54.5 Å². The monoisotopic (exact) mass is 886 g/mol. The topological polar surface area (TPSA) is 35.6 Å². The zero-order chi connectivity index (χ0) is 45.6. The van der Waals surface area contributed by atoms with Crippen LogP contribution in [0.25, 0.3) is 154 Å². The molecule has 1 aliphatic rings. The van der Waals surface area contributed by atoms with E-state index in [4.69, 9.17) is 9.97 Å². The van der Waals surface area contributed by atoms with Crippen LogP contribution in [0, 0.1) is 0 Å². The average molecular weight is 887 g/mol. The molecule has 0 saturated heterocycles. The van der Waals surface area contributed by atoms with Gasteiger partial charge in [0.05, 0.1) is 39.0 Å². The molecule has 0 atom stereocenters. The second-order valence-electron chi connectivity index (χ2n) is 18.9. The average Bonchev–Trinajstić information content (AvgIpc) is 4.06. The molecule has 0 unspecified atom stereocenters. The Bertz CT molecular complexity index is 4750. The van der Waals surface area contributed by atoms with Gasteiger partial charge in [0.2, 0.25) is 0 Å². The molecule has 0 N–H and O–H groups in total. The Kier molecular flexibility index (Phi) is 7.58. The molecule has 3 heterocycles. The molecule has 0 amide bonds. The maximum absolute atomic E-state index is 5.59. The Morgan fingerprint density at radius 1 is 0.300 bits per heavy atom. The fourth-order valence-electron chi connectivity index (χ4n) is 12.1. The van der Waals surface area contributed by atoms with Crippen molar-refractivity contribution in [3.8, 4) is 56.3 Å². The third-order valence-electron chi connectivity index (χ3n) is 15.2. The first-order valence-corrected chi connectivity index (χ1v) is 24.1. The summed E-state index contributed by atoms with van der Waals surface area (Å²) in [4.78, 5) is 10.9. The van der Waals surface area contributed by atoms with Gasteiger partial charge in [-0.3, -0.25) is 0 Å². The molecule has 15 aromatic rings. The molecule has 4 nitrogen and oxygen atoms in total. The summed E-state index contributed by atoms with van der Waals surface area (Å²) >= 11 is 0. The van der Waals surface area contributed by atoms with Crippen molar-refractivity contribution in [2.24, 2.45) is 0 Å². The van der Waals surface area contributed by atoms with Crippen molar-refractivity contribution >= 4 is 97.6 Å². The molecule has 1 aliphatic carbocycles. The van der Waals surface area contributed by atoms with E-state index in [0.717, 1.165) is 60.9 Å². The van der Waals surface area contributed by atoms with Crippen LogP contribution in [0.2, 0.25) is 0 Å². The molecule has 0 spiro atoms. The molecule has 0 saturated carbocycles. The summed E-state index contributed by atoms with van der Waals surface area (Å²) in [5, 5.41) is 15.6.